The minimum Gasteiger partial charge on any atom is -0.364 e. The Hall–Kier alpha value is -1.57. The molecule has 0 saturated heterocycles. The van der Waals surface area contributed by atoms with Crippen molar-refractivity contribution < 1.29 is 4.52 Å². The molecule has 13 heavy (non-hydrogen) atoms. The molecule has 0 bridgehead atoms. The zero-order chi connectivity index (χ0) is 9.10. The van der Waals surface area contributed by atoms with Crippen molar-refractivity contribution in [3.63, 3.8) is 0 Å². The monoisotopic (exact) mass is 173 g/mol. The van der Waals surface area contributed by atoms with Gasteiger partial charge in [0, 0.05) is 12.0 Å². The van der Waals surface area contributed by atoms with Gasteiger partial charge in [-0.2, -0.15) is 0 Å². The van der Waals surface area contributed by atoms with Crippen LogP contribution >= 0.6 is 0 Å². The van der Waals surface area contributed by atoms with E-state index in [0.717, 1.165) is 5.69 Å². The van der Waals surface area contributed by atoms with Crippen molar-refractivity contribution in [2.75, 3.05) is 0 Å². The lowest BCUT2D eigenvalue weighted by Crippen LogP contribution is -1.95. The molecule has 66 valence electrons. The number of rotatable bonds is 2. The number of aromatic nitrogens is 1. The molecular weight excluding hydrogens is 162 g/mol. The van der Waals surface area contributed by atoms with E-state index < -0.39 is 0 Å². The third kappa shape index (κ3) is 1.61. The first-order valence-corrected chi connectivity index (χ1v) is 4.33. The van der Waals surface area contributed by atoms with Gasteiger partial charge in [-0.25, -0.2) is 0 Å². The molecule has 1 atom stereocenters. The zero-order valence-electron chi connectivity index (χ0n) is 7.47. The first-order valence-electron chi connectivity index (χ1n) is 4.33. The van der Waals surface area contributed by atoms with E-state index in [2.05, 4.69) is 24.2 Å². The Morgan fingerprint density at radius 3 is 2.54 bits per heavy atom. The van der Waals surface area contributed by atoms with Gasteiger partial charge in [-0.1, -0.05) is 42.4 Å². The van der Waals surface area contributed by atoms with Crippen LogP contribution in [-0.4, -0.2) is 5.16 Å². The summed E-state index contributed by atoms with van der Waals surface area (Å²) in [6.45, 7) is 2.12. The molecule has 0 fully saturated rings. The van der Waals surface area contributed by atoms with E-state index in [9.17, 15) is 0 Å². The Bertz CT molecular complexity index is 353. The largest absolute Gasteiger partial charge is 0.364 e. The van der Waals surface area contributed by atoms with E-state index in [4.69, 9.17) is 4.52 Å². The normalized spacial score (nSPS) is 12.7. The van der Waals surface area contributed by atoms with Gasteiger partial charge in [-0.05, 0) is 5.56 Å². The van der Waals surface area contributed by atoms with Crippen LogP contribution in [0.2, 0.25) is 0 Å². The molecule has 1 heterocycles. The molecule has 1 unspecified atom stereocenters. The average molecular weight is 173 g/mol. The fraction of sp³-hybridized carbons (Fsp3) is 0.182. The Morgan fingerprint density at radius 2 is 1.92 bits per heavy atom. The highest BCUT2D eigenvalue weighted by Gasteiger charge is 2.09. The van der Waals surface area contributed by atoms with Crippen molar-refractivity contribution in [3.8, 4) is 0 Å². The SMILES string of the molecule is CC(c1ccccc1)c1ccon1. The van der Waals surface area contributed by atoms with Crippen molar-refractivity contribution in [2.45, 2.75) is 12.8 Å². The topological polar surface area (TPSA) is 26.0 Å². The summed E-state index contributed by atoms with van der Waals surface area (Å²) in [5, 5.41) is 3.92. The standard InChI is InChI=1S/C11H11NO/c1-9(11-7-8-13-12-11)10-5-3-2-4-6-10/h2-9H,1H3. The van der Waals surface area contributed by atoms with E-state index in [1.165, 1.54) is 5.56 Å². The quantitative estimate of drug-likeness (QED) is 0.698. The highest BCUT2D eigenvalue weighted by Crippen LogP contribution is 2.21. The summed E-state index contributed by atoms with van der Waals surface area (Å²) in [7, 11) is 0. The first kappa shape index (κ1) is 8.05. The maximum Gasteiger partial charge on any atom is 0.124 e. The number of nitrogens with zero attached hydrogens (tertiary/aromatic N) is 1. The fourth-order valence-corrected chi connectivity index (χ4v) is 1.36. The summed E-state index contributed by atoms with van der Waals surface area (Å²) in [6.07, 6.45) is 1.61. The van der Waals surface area contributed by atoms with Gasteiger partial charge in [0.2, 0.25) is 0 Å². The van der Waals surface area contributed by atoms with Crippen LogP contribution in [0.15, 0.2) is 47.2 Å². The maximum atomic E-state index is 4.81. The lowest BCUT2D eigenvalue weighted by atomic mass is 9.98. The molecule has 0 aliphatic carbocycles. The molecule has 1 aromatic heterocycles. The third-order valence-electron chi connectivity index (χ3n) is 2.20. The van der Waals surface area contributed by atoms with Gasteiger partial charge in [-0.15, -0.1) is 0 Å². The first-order chi connectivity index (χ1) is 6.38. The van der Waals surface area contributed by atoms with Crippen LogP contribution in [0.1, 0.15) is 24.1 Å². The summed E-state index contributed by atoms with van der Waals surface area (Å²) in [5.41, 5.74) is 2.24. The number of benzene rings is 1. The Balaban J connectivity index is 2.29. The summed E-state index contributed by atoms with van der Waals surface area (Å²) in [6, 6.07) is 12.2. The van der Waals surface area contributed by atoms with Gasteiger partial charge in [0.1, 0.15) is 6.26 Å². The molecule has 0 saturated carbocycles. The molecule has 0 radical (unpaired) electrons. The highest BCUT2D eigenvalue weighted by atomic mass is 16.5. The lowest BCUT2D eigenvalue weighted by Gasteiger charge is -2.06. The molecule has 0 N–H and O–H groups in total. The van der Waals surface area contributed by atoms with Crippen LogP contribution in [0.3, 0.4) is 0 Å². The minimum absolute atomic E-state index is 0.306. The molecule has 0 aliphatic rings. The molecule has 2 nitrogen and oxygen atoms in total. The zero-order valence-corrected chi connectivity index (χ0v) is 7.47. The maximum absolute atomic E-state index is 4.81. The van der Waals surface area contributed by atoms with Crippen molar-refractivity contribution >= 4 is 0 Å². The number of hydrogen-bond donors (Lipinski definition) is 0. The van der Waals surface area contributed by atoms with E-state index >= 15 is 0 Å². The van der Waals surface area contributed by atoms with Gasteiger partial charge in [0.05, 0.1) is 5.69 Å². The Kier molecular flexibility index (Phi) is 2.13. The van der Waals surface area contributed by atoms with Crippen LogP contribution in [0, 0.1) is 0 Å². The van der Waals surface area contributed by atoms with Crippen molar-refractivity contribution in [1.29, 1.82) is 0 Å². The van der Waals surface area contributed by atoms with Gasteiger partial charge in [0.15, 0.2) is 0 Å². The molecular formula is C11H11NO. The number of hydrogen-bond acceptors (Lipinski definition) is 2. The van der Waals surface area contributed by atoms with Gasteiger partial charge in [0.25, 0.3) is 0 Å². The van der Waals surface area contributed by atoms with Crippen LogP contribution in [0.25, 0.3) is 0 Å². The van der Waals surface area contributed by atoms with E-state index in [1.807, 2.05) is 24.3 Å². The smallest absolute Gasteiger partial charge is 0.124 e. The van der Waals surface area contributed by atoms with Crippen LogP contribution in [-0.2, 0) is 0 Å². The van der Waals surface area contributed by atoms with Crippen LogP contribution < -0.4 is 0 Å². The Labute approximate surface area is 77.2 Å². The summed E-state index contributed by atoms with van der Waals surface area (Å²) >= 11 is 0. The minimum atomic E-state index is 0.306. The fourth-order valence-electron chi connectivity index (χ4n) is 1.36. The van der Waals surface area contributed by atoms with Gasteiger partial charge < -0.3 is 4.52 Å². The van der Waals surface area contributed by atoms with Gasteiger partial charge in [-0.3, -0.25) is 0 Å². The van der Waals surface area contributed by atoms with Crippen LogP contribution in [0.5, 0.6) is 0 Å². The molecule has 0 spiro atoms. The second-order valence-electron chi connectivity index (χ2n) is 3.06. The molecule has 1 aromatic carbocycles. The molecule has 2 heteroatoms. The molecule has 2 aromatic rings. The third-order valence-corrected chi connectivity index (χ3v) is 2.20. The lowest BCUT2D eigenvalue weighted by molar-refractivity contribution is 0.409. The average Bonchev–Trinajstić information content (AvgIpc) is 2.71. The van der Waals surface area contributed by atoms with Gasteiger partial charge >= 0.3 is 0 Å². The highest BCUT2D eigenvalue weighted by molar-refractivity contribution is 5.26. The van der Waals surface area contributed by atoms with E-state index in [-0.39, 0.29) is 0 Å². The molecule has 2 rings (SSSR count). The molecule has 0 aliphatic heterocycles. The predicted octanol–water partition coefficient (Wildman–Crippen LogP) is 2.83. The van der Waals surface area contributed by atoms with E-state index in [1.54, 1.807) is 6.26 Å². The summed E-state index contributed by atoms with van der Waals surface area (Å²) in [5.74, 6) is 0.306. The van der Waals surface area contributed by atoms with Crippen molar-refractivity contribution in [2.24, 2.45) is 0 Å². The molecule has 0 amide bonds. The van der Waals surface area contributed by atoms with Crippen molar-refractivity contribution in [3.05, 3.63) is 53.9 Å². The second-order valence-corrected chi connectivity index (χ2v) is 3.06. The summed E-state index contributed by atoms with van der Waals surface area (Å²) in [4.78, 5) is 0. The Morgan fingerprint density at radius 1 is 1.15 bits per heavy atom. The summed E-state index contributed by atoms with van der Waals surface area (Å²) < 4.78 is 4.81. The van der Waals surface area contributed by atoms with E-state index in [0.29, 0.717) is 5.92 Å². The van der Waals surface area contributed by atoms with Crippen LogP contribution in [0.4, 0.5) is 0 Å². The predicted molar refractivity (Wildman–Crippen MR) is 50.5 cm³/mol. The second kappa shape index (κ2) is 3.44. The van der Waals surface area contributed by atoms with Crippen molar-refractivity contribution in [1.82, 2.24) is 5.16 Å².